The molecule has 1 aliphatic heterocycles. The van der Waals surface area contributed by atoms with Crippen molar-refractivity contribution in [2.24, 2.45) is 11.3 Å². The molecule has 1 unspecified atom stereocenters. The highest BCUT2D eigenvalue weighted by molar-refractivity contribution is 5.95. The van der Waals surface area contributed by atoms with Crippen LogP contribution in [0.2, 0.25) is 0 Å². The lowest BCUT2D eigenvalue weighted by atomic mass is 9.91. The van der Waals surface area contributed by atoms with Gasteiger partial charge in [-0.05, 0) is 45.0 Å². The van der Waals surface area contributed by atoms with Crippen LogP contribution in [0.25, 0.3) is 0 Å². The number of aryl methyl sites for hydroxylation is 1. The van der Waals surface area contributed by atoms with Gasteiger partial charge in [0.1, 0.15) is 5.41 Å². The highest BCUT2D eigenvalue weighted by Crippen LogP contribution is 2.42. The van der Waals surface area contributed by atoms with E-state index < -0.39 is 11.7 Å². The molecule has 6 nitrogen and oxygen atoms in total. The van der Waals surface area contributed by atoms with Gasteiger partial charge in [0, 0.05) is 23.4 Å². The van der Waals surface area contributed by atoms with Crippen LogP contribution in [0, 0.1) is 18.3 Å². The Bertz CT molecular complexity index is 888. The zero-order chi connectivity index (χ0) is 20.5. The summed E-state index contributed by atoms with van der Waals surface area (Å²) < 4.78 is 11.8. The highest BCUT2D eigenvalue weighted by atomic mass is 16.7. The second-order valence-corrected chi connectivity index (χ2v) is 7.91. The zero-order valence-corrected chi connectivity index (χ0v) is 16.8. The summed E-state index contributed by atoms with van der Waals surface area (Å²) >= 11 is 0. The van der Waals surface area contributed by atoms with E-state index in [9.17, 15) is 9.59 Å². The van der Waals surface area contributed by atoms with Gasteiger partial charge in [-0.1, -0.05) is 31.5 Å². The first-order chi connectivity index (χ1) is 13.2. The van der Waals surface area contributed by atoms with E-state index in [1.165, 1.54) is 0 Å². The van der Waals surface area contributed by atoms with E-state index in [1.54, 1.807) is 32.0 Å². The van der Waals surface area contributed by atoms with Gasteiger partial charge in [-0.2, -0.15) is 0 Å². The van der Waals surface area contributed by atoms with Gasteiger partial charge in [0.2, 0.25) is 11.8 Å². The monoisotopic (exact) mass is 382 g/mol. The van der Waals surface area contributed by atoms with E-state index in [-0.39, 0.29) is 17.7 Å². The molecule has 0 radical (unpaired) electrons. The molecule has 28 heavy (non-hydrogen) atoms. The summed E-state index contributed by atoms with van der Waals surface area (Å²) in [5.41, 5.74) is 1.53. The topological polar surface area (TPSA) is 76.7 Å². The summed E-state index contributed by atoms with van der Waals surface area (Å²) in [6.45, 7) is 9.19. The fraction of sp³-hybridized carbons (Fsp3) is 0.364. The molecular weight excluding hydrogens is 356 g/mol. The number of ether oxygens (including phenoxy) is 2. The average Bonchev–Trinajstić information content (AvgIpc) is 3.07. The molecule has 2 N–H and O–H groups in total. The molecule has 2 aromatic rings. The second kappa shape index (κ2) is 7.54. The number of hydrogen-bond donors (Lipinski definition) is 2. The van der Waals surface area contributed by atoms with Gasteiger partial charge < -0.3 is 20.1 Å². The lowest BCUT2D eigenvalue weighted by Gasteiger charge is -2.28. The average molecular weight is 382 g/mol. The van der Waals surface area contributed by atoms with E-state index in [1.807, 2.05) is 45.0 Å². The Morgan fingerprint density at radius 3 is 2.18 bits per heavy atom. The van der Waals surface area contributed by atoms with E-state index in [2.05, 4.69) is 10.6 Å². The first-order valence-electron chi connectivity index (χ1n) is 9.33. The molecule has 1 aliphatic rings. The molecule has 2 amide bonds. The van der Waals surface area contributed by atoms with Crippen molar-refractivity contribution in [3.8, 4) is 11.5 Å². The number of benzene rings is 2. The number of hydrogen-bond acceptors (Lipinski definition) is 4. The summed E-state index contributed by atoms with van der Waals surface area (Å²) in [4.78, 5) is 24.7. The lowest BCUT2D eigenvalue weighted by Crippen LogP contribution is -2.45. The van der Waals surface area contributed by atoms with Crippen LogP contribution in [-0.4, -0.2) is 18.1 Å². The number of fused-ring (bicyclic) bond motifs is 1. The number of carbonyl (C=O) groups is 2. The van der Waals surface area contributed by atoms with Crippen LogP contribution in [0.5, 0.6) is 11.5 Å². The lowest BCUT2D eigenvalue weighted by molar-refractivity contribution is -0.137. The molecule has 0 aliphatic carbocycles. The number of rotatable bonds is 5. The molecule has 0 aromatic heterocycles. The molecule has 1 heterocycles. The molecule has 148 valence electrons. The molecule has 2 aromatic carbocycles. The Morgan fingerprint density at radius 2 is 1.54 bits per heavy atom. The van der Waals surface area contributed by atoms with Crippen molar-refractivity contribution in [3.63, 3.8) is 0 Å². The van der Waals surface area contributed by atoms with Crippen molar-refractivity contribution in [2.45, 2.75) is 40.9 Å². The quantitative estimate of drug-likeness (QED) is 0.806. The second-order valence-electron chi connectivity index (χ2n) is 7.91. The van der Waals surface area contributed by atoms with Gasteiger partial charge in [0.05, 0.1) is 0 Å². The van der Waals surface area contributed by atoms with Gasteiger partial charge >= 0.3 is 0 Å². The predicted octanol–water partition coefficient (Wildman–Crippen LogP) is 4.35. The fourth-order valence-electron chi connectivity index (χ4n) is 2.65. The Kier molecular flexibility index (Phi) is 5.31. The molecule has 0 fully saturated rings. The van der Waals surface area contributed by atoms with Crippen LogP contribution in [0.4, 0.5) is 11.4 Å². The minimum atomic E-state index is -0.939. The number of amides is 2. The molecule has 0 bridgehead atoms. The van der Waals surface area contributed by atoms with E-state index >= 15 is 0 Å². The third-order valence-corrected chi connectivity index (χ3v) is 4.69. The minimum Gasteiger partial charge on any atom is -0.450 e. The summed E-state index contributed by atoms with van der Waals surface area (Å²) in [6, 6.07) is 12.8. The van der Waals surface area contributed by atoms with E-state index in [0.717, 1.165) is 11.3 Å². The van der Waals surface area contributed by atoms with Crippen molar-refractivity contribution >= 4 is 23.2 Å². The van der Waals surface area contributed by atoms with Crippen molar-refractivity contribution < 1.29 is 19.1 Å². The molecule has 0 saturated carbocycles. The van der Waals surface area contributed by atoms with Gasteiger partial charge in [0.15, 0.2) is 11.5 Å². The van der Waals surface area contributed by atoms with Gasteiger partial charge in [-0.15, -0.1) is 0 Å². The van der Waals surface area contributed by atoms with Gasteiger partial charge in [0.25, 0.3) is 6.29 Å². The summed E-state index contributed by atoms with van der Waals surface area (Å²) in [5.74, 6) is 0.643. The highest BCUT2D eigenvalue weighted by Gasteiger charge is 2.44. The van der Waals surface area contributed by atoms with Crippen LogP contribution in [0.15, 0.2) is 42.5 Å². The normalized spacial score (nSPS) is 15.4. The standard InChI is InChI=1S/C22H26N2O4/c1-13(2)19(25)23-16-10-11-17-18(12-16)28-21(27-17)22(4,5)20(26)24-15-8-6-14(3)7-9-15/h6-13,21H,1-5H3,(H,23,25)(H,24,26). The first-order valence-corrected chi connectivity index (χ1v) is 9.33. The van der Waals surface area contributed by atoms with E-state index in [4.69, 9.17) is 9.47 Å². The third-order valence-electron chi connectivity index (χ3n) is 4.69. The van der Waals surface area contributed by atoms with E-state index in [0.29, 0.717) is 17.2 Å². The third kappa shape index (κ3) is 4.11. The molecule has 3 rings (SSSR count). The maximum Gasteiger partial charge on any atom is 0.255 e. The molecule has 6 heteroatoms. The van der Waals surface area contributed by atoms with Gasteiger partial charge in [-0.25, -0.2) is 0 Å². The Balaban J connectivity index is 1.70. The maximum atomic E-state index is 12.8. The van der Waals surface area contributed by atoms with Crippen LogP contribution in [-0.2, 0) is 9.59 Å². The fourth-order valence-corrected chi connectivity index (χ4v) is 2.65. The largest absolute Gasteiger partial charge is 0.450 e. The number of carbonyl (C=O) groups excluding carboxylic acids is 2. The maximum absolute atomic E-state index is 12.8. The Labute approximate surface area is 165 Å². The Morgan fingerprint density at radius 1 is 0.929 bits per heavy atom. The first kappa shape index (κ1) is 19.7. The Hall–Kier alpha value is -3.02. The van der Waals surface area contributed by atoms with Crippen LogP contribution in [0.1, 0.15) is 33.3 Å². The van der Waals surface area contributed by atoms with Gasteiger partial charge in [-0.3, -0.25) is 9.59 Å². The molecular formula is C22H26N2O4. The zero-order valence-electron chi connectivity index (χ0n) is 16.8. The number of anilines is 2. The van der Waals surface area contributed by atoms with Crippen molar-refractivity contribution in [2.75, 3.05) is 10.6 Å². The summed E-state index contributed by atoms with van der Waals surface area (Å²) in [5, 5.41) is 5.74. The predicted molar refractivity (Wildman–Crippen MR) is 109 cm³/mol. The molecule has 0 saturated heterocycles. The minimum absolute atomic E-state index is 0.0757. The number of nitrogens with one attached hydrogen (secondary N) is 2. The van der Waals surface area contributed by atoms with Crippen molar-refractivity contribution in [1.29, 1.82) is 0 Å². The summed E-state index contributed by atoms with van der Waals surface area (Å²) in [7, 11) is 0. The van der Waals surface area contributed by atoms with Crippen LogP contribution >= 0.6 is 0 Å². The van der Waals surface area contributed by atoms with Crippen molar-refractivity contribution in [1.82, 2.24) is 0 Å². The molecule has 1 atom stereocenters. The van der Waals surface area contributed by atoms with Crippen LogP contribution in [0.3, 0.4) is 0 Å². The smallest absolute Gasteiger partial charge is 0.255 e. The van der Waals surface area contributed by atoms with Crippen LogP contribution < -0.4 is 20.1 Å². The molecule has 0 spiro atoms. The summed E-state index contributed by atoms with van der Waals surface area (Å²) in [6.07, 6.45) is -0.774. The SMILES string of the molecule is Cc1ccc(NC(=O)C(C)(C)C2Oc3ccc(NC(=O)C(C)C)cc3O2)cc1. The van der Waals surface area contributed by atoms with Crippen molar-refractivity contribution in [3.05, 3.63) is 48.0 Å².